The predicted molar refractivity (Wildman–Crippen MR) is 47.3 cm³/mol. The van der Waals surface area contributed by atoms with Gasteiger partial charge in [-0.1, -0.05) is 5.16 Å². The van der Waals surface area contributed by atoms with Crippen LogP contribution in [0.1, 0.15) is 11.5 Å². The van der Waals surface area contributed by atoms with Crippen molar-refractivity contribution in [1.82, 2.24) is 20.3 Å². The van der Waals surface area contributed by atoms with Gasteiger partial charge in [0.1, 0.15) is 18.4 Å². The fourth-order valence-corrected chi connectivity index (χ4v) is 1.08. The van der Waals surface area contributed by atoms with Crippen LogP contribution in [-0.2, 0) is 11.3 Å². The molecule has 0 aromatic carbocycles. The van der Waals surface area contributed by atoms with Gasteiger partial charge in [0.2, 0.25) is 0 Å². The van der Waals surface area contributed by atoms with Crippen LogP contribution in [0.15, 0.2) is 10.7 Å². The molecule has 0 aliphatic heterocycles. The lowest BCUT2D eigenvalue weighted by molar-refractivity contribution is 0.174. The summed E-state index contributed by atoms with van der Waals surface area (Å²) in [5.74, 6) is 0.685. The highest BCUT2D eigenvalue weighted by Gasteiger charge is 2.14. The molecule has 0 fully saturated rings. The SMILES string of the molecule is COCc1noc(-c2cn[nH]c2C#N)n1. The molecule has 0 aliphatic carbocycles. The van der Waals surface area contributed by atoms with Gasteiger partial charge in [-0.3, -0.25) is 5.10 Å². The fourth-order valence-electron chi connectivity index (χ4n) is 1.08. The molecule has 2 aromatic heterocycles. The number of methoxy groups -OCH3 is 1. The standard InChI is InChI=1S/C8H7N5O2/c1-14-4-7-11-8(15-13-7)5-3-10-12-6(5)2-9/h3H,4H2,1H3,(H,10,12). The van der Waals surface area contributed by atoms with Gasteiger partial charge in [-0.15, -0.1) is 0 Å². The summed E-state index contributed by atoms with van der Waals surface area (Å²) in [5.41, 5.74) is 0.787. The number of H-pyrrole nitrogens is 1. The molecule has 0 amide bonds. The van der Waals surface area contributed by atoms with E-state index in [1.807, 2.05) is 6.07 Å². The molecule has 0 aliphatic rings. The van der Waals surface area contributed by atoms with Gasteiger partial charge >= 0.3 is 0 Å². The molecule has 1 N–H and O–H groups in total. The Balaban J connectivity index is 2.34. The summed E-state index contributed by atoms with van der Waals surface area (Å²) in [6.45, 7) is 0.267. The van der Waals surface area contributed by atoms with Gasteiger partial charge < -0.3 is 9.26 Å². The number of aromatic nitrogens is 4. The summed E-state index contributed by atoms with van der Waals surface area (Å²) in [6.07, 6.45) is 1.46. The first-order chi connectivity index (χ1) is 7.35. The summed E-state index contributed by atoms with van der Waals surface area (Å²) >= 11 is 0. The molecule has 0 saturated carbocycles. The van der Waals surface area contributed by atoms with E-state index in [1.54, 1.807) is 0 Å². The quantitative estimate of drug-likeness (QED) is 0.781. The van der Waals surface area contributed by atoms with Gasteiger partial charge in [0.15, 0.2) is 5.82 Å². The maximum absolute atomic E-state index is 8.74. The van der Waals surface area contributed by atoms with Gasteiger partial charge in [0.05, 0.1) is 11.8 Å². The summed E-state index contributed by atoms with van der Waals surface area (Å²) in [4.78, 5) is 4.04. The van der Waals surface area contributed by atoms with Crippen LogP contribution in [0.5, 0.6) is 0 Å². The Kier molecular flexibility index (Phi) is 2.43. The molecule has 0 spiro atoms. The van der Waals surface area contributed by atoms with Gasteiger partial charge in [-0.2, -0.15) is 15.3 Å². The first-order valence-corrected chi connectivity index (χ1v) is 4.10. The first kappa shape index (κ1) is 9.36. The van der Waals surface area contributed by atoms with Crippen molar-refractivity contribution in [2.75, 3.05) is 7.11 Å². The Labute approximate surface area is 84.7 Å². The second-order valence-corrected chi connectivity index (χ2v) is 2.72. The van der Waals surface area contributed by atoms with E-state index in [2.05, 4.69) is 20.3 Å². The number of hydrogen-bond acceptors (Lipinski definition) is 6. The summed E-state index contributed by atoms with van der Waals surface area (Å²) in [5, 5.41) is 18.7. The number of nitrogens with zero attached hydrogens (tertiary/aromatic N) is 4. The van der Waals surface area contributed by atoms with Crippen LogP contribution < -0.4 is 0 Å². The third-order valence-corrected chi connectivity index (χ3v) is 1.72. The lowest BCUT2D eigenvalue weighted by Crippen LogP contribution is -1.89. The Morgan fingerprint density at radius 1 is 1.67 bits per heavy atom. The second kappa shape index (κ2) is 3.89. The monoisotopic (exact) mass is 205 g/mol. The van der Waals surface area contributed by atoms with Gasteiger partial charge in [-0.25, -0.2) is 0 Å². The molecular formula is C8H7N5O2. The summed E-state index contributed by atoms with van der Waals surface area (Å²) in [7, 11) is 1.54. The van der Waals surface area contributed by atoms with E-state index in [9.17, 15) is 0 Å². The van der Waals surface area contributed by atoms with Crippen molar-refractivity contribution in [3.63, 3.8) is 0 Å². The molecule has 0 radical (unpaired) electrons. The average Bonchev–Trinajstić information content (AvgIpc) is 2.84. The molecule has 2 heterocycles. The third-order valence-electron chi connectivity index (χ3n) is 1.72. The van der Waals surface area contributed by atoms with E-state index in [4.69, 9.17) is 14.5 Å². The Bertz CT molecular complexity index is 495. The summed E-state index contributed by atoms with van der Waals surface area (Å²) in [6, 6.07) is 1.94. The van der Waals surface area contributed by atoms with Crippen LogP contribution in [0.25, 0.3) is 11.5 Å². The van der Waals surface area contributed by atoms with Gasteiger partial charge in [0.25, 0.3) is 5.89 Å². The second-order valence-electron chi connectivity index (χ2n) is 2.72. The van der Waals surface area contributed by atoms with E-state index in [-0.39, 0.29) is 12.5 Å². The van der Waals surface area contributed by atoms with Crippen LogP contribution in [0.3, 0.4) is 0 Å². The highest BCUT2D eigenvalue weighted by molar-refractivity contribution is 5.58. The maximum Gasteiger partial charge on any atom is 0.262 e. The lowest BCUT2D eigenvalue weighted by Gasteiger charge is -1.87. The molecule has 2 rings (SSSR count). The normalized spacial score (nSPS) is 10.1. The van der Waals surface area contributed by atoms with Crippen molar-refractivity contribution in [3.05, 3.63) is 17.7 Å². The van der Waals surface area contributed by atoms with Crippen LogP contribution in [0, 0.1) is 11.3 Å². The number of aromatic amines is 1. The number of ether oxygens (including phenoxy) is 1. The predicted octanol–water partition coefficient (Wildman–Crippen LogP) is 0.478. The zero-order chi connectivity index (χ0) is 10.7. The molecule has 0 saturated heterocycles. The molecule has 0 unspecified atom stereocenters. The van der Waals surface area contributed by atoms with Crippen LogP contribution in [0.4, 0.5) is 0 Å². The molecular weight excluding hydrogens is 198 g/mol. The van der Waals surface area contributed by atoms with E-state index in [0.717, 1.165) is 0 Å². The minimum Gasteiger partial charge on any atom is -0.377 e. The number of nitrogens with one attached hydrogen (secondary N) is 1. The third kappa shape index (κ3) is 1.70. The van der Waals surface area contributed by atoms with Crippen LogP contribution in [-0.4, -0.2) is 27.4 Å². The van der Waals surface area contributed by atoms with Gasteiger partial charge in [-0.05, 0) is 0 Å². The zero-order valence-corrected chi connectivity index (χ0v) is 7.89. The number of hydrogen-bond donors (Lipinski definition) is 1. The van der Waals surface area contributed by atoms with Crippen molar-refractivity contribution in [3.8, 4) is 17.5 Å². The highest BCUT2D eigenvalue weighted by atomic mass is 16.5. The Hall–Kier alpha value is -2.20. The molecule has 7 nitrogen and oxygen atoms in total. The van der Waals surface area contributed by atoms with E-state index < -0.39 is 0 Å². The van der Waals surface area contributed by atoms with Crippen molar-refractivity contribution in [2.24, 2.45) is 0 Å². The van der Waals surface area contributed by atoms with Crippen LogP contribution >= 0.6 is 0 Å². The van der Waals surface area contributed by atoms with Crippen molar-refractivity contribution in [2.45, 2.75) is 6.61 Å². The van der Waals surface area contributed by atoms with Crippen molar-refractivity contribution in [1.29, 1.82) is 5.26 Å². The largest absolute Gasteiger partial charge is 0.377 e. The average molecular weight is 205 g/mol. The molecule has 76 valence electrons. The van der Waals surface area contributed by atoms with E-state index in [0.29, 0.717) is 17.1 Å². The first-order valence-electron chi connectivity index (χ1n) is 4.10. The Morgan fingerprint density at radius 3 is 3.27 bits per heavy atom. The zero-order valence-electron chi connectivity index (χ0n) is 7.89. The Morgan fingerprint density at radius 2 is 2.53 bits per heavy atom. The fraction of sp³-hybridized carbons (Fsp3) is 0.250. The molecule has 15 heavy (non-hydrogen) atoms. The topological polar surface area (TPSA) is 101 Å². The van der Waals surface area contributed by atoms with Crippen LogP contribution in [0.2, 0.25) is 0 Å². The summed E-state index contributed by atoms with van der Waals surface area (Å²) < 4.78 is 9.79. The smallest absolute Gasteiger partial charge is 0.262 e. The van der Waals surface area contributed by atoms with Gasteiger partial charge in [0, 0.05) is 7.11 Å². The number of rotatable bonds is 3. The highest BCUT2D eigenvalue weighted by Crippen LogP contribution is 2.19. The molecule has 0 bridgehead atoms. The maximum atomic E-state index is 8.74. The van der Waals surface area contributed by atoms with E-state index in [1.165, 1.54) is 13.3 Å². The van der Waals surface area contributed by atoms with Crippen molar-refractivity contribution < 1.29 is 9.26 Å². The minimum atomic E-state index is 0.257. The number of nitriles is 1. The minimum absolute atomic E-state index is 0.257. The molecule has 7 heteroatoms. The molecule has 0 atom stereocenters. The van der Waals surface area contributed by atoms with Crippen molar-refractivity contribution >= 4 is 0 Å². The van der Waals surface area contributed by atoms with E-state index >= 15 is 0 Å². The molecule has 2 aromatic rings. The lowest BCUT2D eigenvalue weighted by atomic mass is 10.2.